The second kappa shape index (κ2) is 6.40. The summed E-state index contributed by atoms with van der Waals surface area (Å²) in [4.78, 5) is 0. The van der Waals surface area contributed by atoms with Gasteiger partial charge in [0.05, 0.1) is 6.54 Å². The topological polar surface area (TPSA) is 56.7 Å². The Hall–Kier alpha value is -0.550. The van der Waals surface area contributed by atoms with Crippen molar-refractivity contribution in [1.82, 2.24) is 14.8 Å². The van der Waals surface area contributed by atoms with Gasteiger partial charge in [-0.25, -0.2) is 0 Å². The maximum Gasteiger partial charge on any atom is 0.191 e. The molecule has 0 fully saturated rings. The van der Waals surface area contributed by atoms with E-state index in [9.17, 15) is 0 Å². The van der Waals surface area contributed by atoms with E-state index in [1.807, 2.05) is 0 Å². The summed E-state index contributed by atoms with van der Waals surface area (Å²) >= 11 is 1.78. The lowest BCUT2D eigenvalue weighted by Crippen LogP contribution is -2.08. The molecule has 0 amide bonds. The average molecular weight is 256 g/mol. The molecule has 17 heavy (non-hydrogen) atoms. The molecule has 0 aliphatic carbocycles. The largest absolute Gasteiger partial charge is 0.324 e. The molecule has 1 heterocycles. The minimum Gasteiger partial charge on any atom is -0.324 e. The molecular weight excluding hydrogens is 232 g/mol. The van der Waals surface area contributed by atoms with Crippen LogP contribution in [0.15, 0.2) is 5.16 Å². The first-order valence-electron chi connectivity index (χ1n) is 6.23. The summed E-state index contributed by atoms with van der Waals surface area (Å²) in [6.45, 7) is 10.3. The molecule has 0 unspecified atom stereocenters. The van der Waals surface area contributed by atoms with Crippen LogP contribution in [-0.4, -0.2) is 20.5 Å². The normalized spacial score (nSPS) is 12.1. The molecule has 0 saturated heterocycles. The van der Waals surface area contributed by atoms with Crippen LogP contribution in [0.1, 0.15) is 46.4 Å². The smallest absolute Gasteiger partial charge is 0.191 e. The fourth-order valence-corrected chi connectivity index (χ4v) is 2.62. The highest BCUT2D eigenvalue weighted by Crippen LogP contribution is 2.24. The van der Waals surface area contributed by atoms with Gasteiger partial charge in [0.25, 0.3) is 0 Å². The van der Waals surface area contributed by atoms with Crippen molar-refractivity contribution in [3.8, 4) is 0 Å². The van der Waals surface area contributed by atoms with Crippen molar-refractivity contribution < 1.29 is 0 Å². The number of rotatable bonds is 6. The summed E-state index contributed by atoms with van der Waals surface area (Å²) in [7, 11) is 0. The van der Waals surface area contributed by atoms with Crippen LogP contribution >= 0.6 is 11.8 Å². The molecule has 4 nitrogen and oxygen atoms in total. The van der Waals surface area contributed by atoms with Crippen LogP contribution in [0.3, 0.4) is 0 Å². The zero-order chi connectivity index (χ0) is 12.9. The van der Waals surface area contributed by atoms with Crippen molar-refractivity contribution in [1.29, 1.82) is 0 Å². The molecule has 98 valence electrons. The molecule has 2 N–H and O–H groups in total. The molecule has 5 heteroatoms. The quantitative estimate of drug-likeness (QED) is 0.628. The van der Waals surface area contributed by atoms with Gasteiger partial charge in [-0.3, -0.25) is 0 Å². The highest BCUT2D eigenvalue weighted by molar-refractivity contribution is 7.99. The Balaban J connectivity index is 2.44. The molecule has 0 atom stereocenters. The van der Waals surface area contributed by atoms with E-state index in [1.54, 1.807) is 11.8 Å². The molecule has 0 saturated carbocycles. The predicted molar refractivity (Wildman–Crippen MR) is 73.0 cm³/mol. The zero-order valence-corrected chi connectivity index (χ0v) is 12.2. The lowest BCUT2D eigenvalue weighted by molar-refractivity contribution is 0.374. The zero-order valence-electron chi connectivity index (χ0n) is 11.4. The Bertz CT molecular complexity index is 341. The van der Waals surface area contributed by atoms with Crippen molar-refractivity contribution >= 4 is 11.8 Å². The van der Waals surface area contributed by atoms with Crippen molar-refractivity contribution in [2.45, 2.75) is 58.8 Å². The third-order valence-corrected chi connectivity index (χ3v) is 3.65. The van der Waals surface area contributed by atoms with Crippen LogP contribution in [0.5, 0.6) is 0 Å². The fraction of sp³-hybridized carbons (Fsp3) is 0.833. The number of hydrogen-bond donors (Lipinski definition) is 1. The van der Waals surface area contributed by atoms with Crippen LogP contribution in [0.2, 0.25) is 0 Å². The number of nitrogens with two attached hydrogens (primary N) is 1. The Morgan fingerprint density at radius 2 is 2.00 bits per heavy atom. The van der Waals surface area contributed by atoms with Gasteiger partial charge >= 0.3 is 0 Å². The molecule has 1 rings (SSSR count). The minimum absolute atomic E-state index is 0.418. The van der Waals surface area contributed by atoms with Gasteiger partial charge in [0.15, 0.2) is 5.16 Å². The molecule has 0 aliphatic rings. The van der Waals surface area contributed by atoms with Gasteiger partial charge in [-0.1, -0.05) is 32.5 Å². The summed E-state index contributed by atoms with van der Waals surface area (Å²) in [6.07, 6.45) is 2.45. The minimum atomic E-state index is 0.418. The van der Waals surface area contributed by atoms with E-state index in [2.05, 4.69) is 42.5 Å². The van der Waals surface area contributed by atoms with Gasteiger partial charge in [0, 0.05) is 12.3 Å². The van der Waals surface area contributed by atoms with Crippen molar-refractivity contribution in [3.63, 3.8) is 0 Å². The molecule has 0 radical (unpaired) electrons. The maximum absolute atomic E-state index is 5.62. The highest BCUT2D eigenvalue weighted by atomic mass is 32.2. The van der Waals surface area contributed by atoms with E-state index in [4.69, 9.17) is 5.73 Å². The van der Waals surface area contributed by atoms with Gasteiger partial charge in [0.1, 0.15) is 5.82 Å². The van der Waals surface area contributed by atoms with E-state index >= 15 is 0 Å². The van der Waals surface area contributed by atoms with E-state index in [0.717, 1.165) is 23.3 Å². The second-order valence-corrected chi connectivity index (χ2v) is 6.42. The summed E-state index contributed by atoms with van der Waals surface area (Å²) < 4.78 is 2.10. The number of nitrogens with zero attached hydrogens (tertiary/aromatic N) is 3. The standard InChI is InChI=1S/C12H24N4S/c1-5-16-10(9-13)14-15-11(16)17-8-6-7-12(2,3)4/h5-9,13H2,1-4H3. The monoisotopic (exact) mass is 256 g/mol. The summed E-state index contributed by atoms with van der Waals surface area (Å²) in [6, 6.07) is 0. The Morgan fingerprint density at radius 3 is 2.53 bits per heavy atom. The van der Waals surface area contributed by atoms with Gasteiger partial charge in [-0.15, -0.1) is 10.2 Å². The van der Waals surface area contributed by atoms with Gasteiger partial charge < -0.3 is 10.3 Å². The lowest BCUT2D eigenvalue weighted by Gasteiger charge is -2.17. The Morgan fingerprint density at radius 1 is 1.29 bits per heavy atom. The number of thioether (sulfide) groups is 1. The molecule has 1 aromatic rings. The van der Waals surface area contributed by atoms with Crippen LogP contribution in [0.25, 0.3) is 0 Å². The first-order valence-corrected chi connectivity index (χ1v) is 7.21. The van der Waals surface area contributed by atoms with E-state index in [-0.39, 0.29) is 0 Å². The number of hydrogen-bond acceptors (Lipinski definition) is 4. The Labute approximate surface area is 108 Å². The van der Waals surface area contributed by atoms with E-state index in [1.165, 1.54) is 12.8 Å². The molecule has 0 aliphatic heterocycles. The molecule has 0 spiro atoms. The average Bonchev–Trinajstić information content (AvgIpc) is 2.65. The van der Waals surface area contributed by atoms with Gasteiger partial charge in [0.2, 0.25) is 0 Å². The lowest BCUT2D eigenvalue weighted by atomic mass is 9.91. The van der Waals surface area contributed by atoms with E-state index in [0.29, 0.717) is 12.0 Å². The highest BCUT2D eigenvalue weighted by Gasteiger charge is 2.12. The summed E-state index contributed by atoms with van der Waals surface area (Å²) in [5.74, 6) is 1.98. The first-order chi connectivity index (χ1) is 7.98. The Kier molecular flexibility index (Phi) is 5.46. The SMILES string of the molecule is CCn1c(CN)nnc1SCCCC(C)(C)C. The number of aromatic nitrogens is 3. The van der Waals surface area contributed by atoms with Crippen molar-refractivity contribution in [2.24, 2.45) is 11.1 Å². The van der Waals surface area contributed by atoms with Gasteiger partial charge in [-0.05, 0) is 25.2 Å². The third-order valence-electron chi connectivity index (χ3n) is 2.59. The van der Waals surface area contributed by atoms with Crippen molar-refractivity contribution in [2.75, 3.05) is 5.75 Å². The predicted octanol–water partition coefficient (Wildman–Crippen LogP) is 2.68. The molecule has 0 bridgehead atoms. The van der Waals surface area contributed by atoms with Crippen LogP contribution < -0.4 is 5.73 Å². The van der Waals surface area contributed by atoms with Crippen LogP contribution in [0, 0.1) is 5.41 Å². The summed E-state index contributed by atoms with van der Waals surface area (Å²) in [5, 5.41) is 9.29. The fourth-order valence-electron chi connectivity index (χ4n) is 1.66. The van der Waals surface area contributed by atoms with Crippen LogP contribution in [0.4, 0.5) is 0 Å². The molecule has 1 aromatic heterocycles. The van der Waals surface area contributed by atoms with Crippen molar-refractivity contribution in [3.05, 3.63) is 5.82 Å². The molecule has 0 aromatic carbocycles. The second-order valence-electron chi connectivity index (χ2n) is 5.36. The van der Waals surface area contributed by atoms with Crippen LogP contribution in [-0.2, 0) is 13.1 Å². The maximum atomic E-state index is 5.62. The van der Waals surface area contributed by atoms with E-state index < -0.39 is 0 Å². The van der Waals surface area contributed by atoms with Gasteiger partial charge in [-0.2, -0.15) is 0 Å². The first kappa shape index (κ1) is 14.5. The molecular formula is C12H24N4S. The summed E-state index contributed by atoms with van der Waals surface area (Å²) in [5.41, 5.74) is 6.04. The third kappa shape index (κ3) is 4.68.